The van der Waals surface area contributed by atoms with Crippen molar-refractivity contribution >= 4 is 11.9 Å². The van der Waals surface area contributed by atoms with Crippen LogP contribution in [0.2, 0.25) is 0 Å². The molecule has 0 unspecified atom stereocenters. The minimum Gasteiger partial charge on any atom is -0.339 e. The molecule has 2 fully saturated rings. The molecule has 2 aromatic rings. The van der Waals surface area contributed by atoms with E-state index in [2.05, 4.69) is 57.0 Å². The van der Waals surface area contributed by atoms with Crippen LogP contribution in [0.1, 0.15) is 25.3 Å². The predicted octanol–water partition coefficient (Wildman–Crippen LogP) is 2.43. The number of piperazine rings is 1. The van der Waals surface area contributed by atoms with Crippen molar-refractivity contribution in [3.8, 4) is 0 Å². The highest BCUT2D eigenvalue weighted by atomic mass is 16.2. The zero-order valence-electron chi connectivity index (χ0n) is 16.6. The highest BCUT2D eigenvalue weighted by molar-refractivity contribution is 5.82. The number of hydrogen-bond acceptors (Lipinski definition) is 5. The van der Waals surface area contributed by atoms with E-state index in [1.54, 1.807) is 12.4 Å². The first kappa shape index (κ1) is 18.9. The van der Waals surface area contributed by atoms with Gasteiger partial charge in [0.2, 0.25) is 11.9 Å². The zero-order valence-corrected chi connectivity index (χ0v) is 16.6. The van der Waals surface area contributed by atoms with Crippen molar-refractivity contribution in [3.05, 3.63) is 54.4 Å². The summed E-state index contributed by atoms with van der Waals surface area (Å²) in [6.07, 6.45) is 5.40. The van der Waals surface area contributed by atoms with Crippen LogP contribution in [-0.4, -0.2) is 64.9 Å². The number of hydrogen-bond donors (Lipinski definition) is 0. The summed E-state index contributed by atoms with van der Waals surface area (Å²) in [5, 5.41) is 0. The third kappa shape index (κ3) is 4.17. The molecule has 6 nitrogen and oxygen atoms in total. The fraction of sp³-hybridized carbons (Fsp3) is 0.500. The van der Waals surface area contributed by atoms with Gasteiger partial charge in [0.05, 0.1) is 0 Å². The maximum absolute atomic E-state index is 13.2. The van der Waals surface area contributed by atoms with Crippen LogP contribution in [0.3, 0.4) is 0 Å². The number of aromatic nitrogens is 2. The van der Waals surface area contributed by atoms with E-state index in [1.807, 2.05) is 11.0 Å². The maximum atomic E-state index is 13.2. The van der Waals surface area contributed by atoms with Crippen molar-refractivity contribution in [2.75, 3.05) is 44.2 Å². The van der Waals surface area contributed by atoms with E-state index in [9.17, 15) is 4.79 Å². The van der Waals surface area contributed by atoms with E-state index >= 15 is 0 Å². The second-order valence-corrected chi connectivity index (χ2v) is 8.15. The minimum atomic E-state index is -0.237. The molecule has 1 amide bonds. The van der Waals surface area contributed by atoms with Gasteiger partial charge in [0.25, 0.3) is 0 Å². The Labute approximate surface area is 167 Å². The molecule has 0 spiro atoms. The normalized spacial score (nSPS) is 20.2. The fourth-order valence-corrected chi connectivity index (χ4v) is 4.21. The lowest BCUT2D eigenvalue weighted by molar-refractivity contribution is -0.144. The molecule has 1 aromatic heterocycles. The quantitative estimate of drug-likeness (QED) is 0.817. The lowest BCUT2D eigenvalue weighted by Gasteiger charge is -2.43. The van der Waals surface area contributed by atoms with Crippen LogP contribution in [0, 0.1) is 5.41 Å². The van der Waals surface area contributed by atoms with E-state index in [0.29, 0.717) is 5.91 Å². The van der Waals surface area contributed by atoms with Gasteiger partial charge in [0.1, 0.15) is 0 Å². The van der Waals surface area contributed by atoms with Crippen molar-refractivity contribution in [3.63, 3.8) is 0 Å². The molecule has 2 aliphatic heterocycles. The second kappa shape index (κ2) is 8.27. The third-order valence-corrected chi connectivity index (χ3v) is 6.13. The summed E-state index contributed by atoms with van der Waals surface area (Å²) in [5.74, 6) is 1.08. The molecule has 28 heavy (non-hydrogen) atoms. The van der Waals surface area contributed by atoms with Crippen molar-refractivity contribution < 1.29 is 4.79 Å². The first-order valence-electron chi connectivity index (χ1n) is 10.2. The van der Waals surface area contributed by atoms with Gasteiger partial charge in [-0.15, -0.1) is 0 Å². The lowest BCUT2D eigenvalue weighted by atomic mass is 9.78. The maximum Gasteiger partial charge on any atom is 0.228 e. The number of piperidine rings is 1. The Morgan fingerprint density at radius 1 is 0.929 bits per heavy atom. The number of anilines is 1. The van der Waals surface area contributed by atoms with Gasteiger partial charge >= 0.3 is 0 Å². The number of benzene rings is 1. The van der Waals surface area contributed by atoms with Gasteiger partial charge in [-0.05, 0) is 37.6 Å². The molecular formula is C22H29N5O. The molecule has 4 rings (SSSR count). The van der Waals surface area contributed by atoms with Crippen LogP contribution >= 0.6 is 0 Å². The van der Waals surface area contributed by atoms with Crippen LogP contribution in [0.5, 0.6) is 0 Å². The monoisotopic (exact) mass is 379 g/mol. The number of rotatable bonds is 4. The number of likely N-dealkylation sites (tertiary alicyclic amines) is 1. The van der Waals surface area contributed by atoms with Crippen LogP contribution in [0.4, 0.5) is 5.95 Å². The molecule has 148 valence electrons. The summed E-state index contributed by atoms with van der Waals surface area (Å²) < 4.78 is 0. The van der Waals surface area contributed by atoms with Gasteiger partial charge in [0.15, 0.2) is 0 Å². The molecule has 2 saturated heterocycles. The Morgan fingerprint density at radius 3 is 2.21 bits per heavy atom. The molecule has 6 heteroatoms. The SMILES string of the molecule is CC1(C(=O)N2CCN(c3ncccn3)CC2)CCN(Cc2ccccc2)CC1. The molecule has 0 atom stereocenters. The summed E-state index contributed by atoms with van der Waals surface area (Å²) in [4.78, 5) is 28.6. The van der Waals surface area contributed by atoms with Gasteiger partial charge in [-0.2, -0.15) is 0 Å². The third-order valence-electron chi connectivity index (χ3n) is 6.13. The van der Waals surface area contributed by atoms with Gasteiger partial charge in [-0.25, -0.2) is 9.97 Å². The van der Waals surface area contributed by atoms with Crippen molar-refractivity contribution in [2.45, 2.75) is 26.3 Å². The van der Waals surface area contributed by atoms with E-state index < -0.39 is 0 Å². The Balaban J connectivity index is 1.29. The van der Waals surface area contributed by atoms with Crippen LogP contribution < -0.4 is 4.90 Å². The standard InChI is InChI=1S/C22H29N5O/c1-22(8-12-25(13-9-22)18-19-6-3-2-4-7-19)20(28)26-14-16-27(17-15-26)21-23-10-5-11-24-21/h2-7,10-11H,8-9,12-18H2,1H3. The molecule has 0 radical (unpaired) electrons. The number of carbonyl (C=O) groups is 1. The summed E-state index contributed by atoms with van der Waals surface area (Å²) >= 11 is 0. The number of carbonyl (C=O) groups excluding carboxylic acids is 1. The Kier molecular flexibility index (Phi) is 5.57. The predicted molar refractivity (Wildman–Crippen MR) is 110 cm³/mol. The molecule has 0 bridgehead atoms. The van der Waals surface area contributed by atoms with Gasteiger partial charge in [-0.1, -0.05) is 37.3 Å². The lowest BCUT2D eigenvalue weighted by Crippen LogP contribution is -2.55. The smallest absolute Gasteiger partial charge is 0.228 e. The van der Waals surface area contributed by atoms with Crippen molar-refractivity contribution in [1.82, 2.24) is 19.8 Å². The zero-order chi connectivity index (χ0) is 19.4. The Morgan fingerprint density at radius 2 is 1.57 bits per heavy atom. The second-order valence-electron chi connectivity index (χ2n) is 8.15. The molecule has 3 heterocycles. The van der Waals surface area contributed by atoms with Crippen LogP contribution in [0.25, 0.3) is 0 Å². The molecular weight excluding hydrogens is 350 g/mol. The fourth-order valence-electron chi connectivity index (χ4n) is 4.21. The summed E-state index contributed by atoms with van der Waals surface area (Å²) in [6.45, 7) is 8.19. The highest BCUT2D eigenvalue weighted by Gasteiger charge is 2.40. The first-order chi connectivity index (χ1) is 13.6. The Bertz CT molecular complexity index is 766. The minimum absolute atomic E-state index is 0.237. The molecule has 0 aliphatic carbocycles. The van der Waals surface area contributed by atoms with E-state index in [4.69, 9.17) is 0 Å². The van der Waals surface area contributed by atoms with E-state index in [-0.39, 0.29) is 5.41 Å². The van der Waals surface area contributed by atoms with Crippen LogP contribution in [0.15, 0.2) is 48.8 Å². The first-order valence-corrected chi connectivity index (χ1v) is 10.2. The van der Waals surface area contributed by atoms with Gasteiger partial charge in [-0.3, -0.25) is 9.69 Å². The molecule has 1 aromatic carbocycles. The van der Waals surface area contributed by atoms with E-state index in [0.717, 1.165) is 64.6 Å². The van der Waals surface area contributed by atoms with Gasteiger partial charge in [0, 0.05) is 50.5 Å². The van der Waals surface area contributed by atoms with Crippen molar-refractivity contribution in [1.29, 1.82) is 0 Å². The molecule has 2 aliphatic rings. The van der Waals surface area contributed by atoms with Crippen LogP contribution in [-0.2, 0) is 11.3 Å². The molecule has 0 saturated carbocycles. The topological polar surface area (TPSA) is 52.6 Å². The van der Waals surface area contributed by atoms with E-state index in [1.165, 1.54) is 5.56 Å². The molecule has 0 N–H and O–H groups in total. The summed E-state index contributed by atoms with van der Waals surface area (Å²) in [6, 6.07) is 12.4. The largest absolute Gasteiger partial charge is 0.339 e. The summed E-state index contributed by atoms with van der Waals surface area (Å²) in [5.41, 5.74) is 1.11. The average Bonchev–Trinajstić information content (AvgIpc) is 2.76. The summed E-state index contributed by atoms with van der Waals surface area (Å²) in [7, 11) is 0. The van der Waals surface area contributed by atoms with Gasteiger partial charge < -0.3 is 9.80 Å². The highest BCUT2D eigenvalue weighted by Crippen LogP contribution is 2.34. The Hall–Kier alpha value is -2.47. The number of amides is 1. The average molecular weight is 380 g/mol. The van der Waals surface area contributed by atoms with Crippen molar-refractivity contribution in [2.24, 2.45) is 5.41 Å². The number of nitrogens with zero attached hydrogens (tertiary/aromatic N) is 5.